The van der Waals surface area contributed by atoms with Crippen LogP contribution in [0, 0.1) is 5.82 Å². The highest BCUT2D eigenvalue weighted by Crippen LogP contribution is 2.29. The van der Waals surface area contributed by atoms with Gasteiger partial charge in [-0.3, -0.25) is 29.6 Å². The van der Waals surface area contributed by atoms with Crippen molar-refractivity contribution in [2.75, 3.05) is 31.6 Å². The normalized spacial score (nSPS) is 21.8. The number of aliphatic imine (C=N–C) groups is 1. The third-order valence-electron chi connectivity index (χ3n) is 6.68. The van der Waals surface area contributed by atoms with Crippen LogP contribution in [0.1, 0.15) is 35.7 Å². The Morgan fingerprint density at radius 3 is 2.64 bits per heavy atom. The Hall–Kier alpha value is -3.34. The maximum absolute atomic E-state index is 13.3. The predicted octanol–water partition coefficient (Wildman–Crippen LogP) is 2.01. The van der Waals surface area contributed by atoms with Gasteiger partial charge < -0.3 is 16.4 Å². The number of nitrogens with one attached hydrogen (secondary N) is 3. The van der Waals surface area contributed by atoms with Crippen molar-refractivity contribution in [3.63, 3.8) is 0 Å². The Bertz CT molecular complexity index is 1200. The van der Waals surface area contributed by atoms with E-state index < -0.39 is 29.1 Å². The van der Waals surface area contributed by atoms with Crippen LogP contribution in [0.4, 0.5) is 10.1 Å². The molecule has 0 saturated carbocycles. The first kappa shape index (κ1) is 25.7. The topological polar surface area (TPSA) is 129 Å². The Balaban J connectivity index is 1.50. The van der Waals surface area contributed by atoms with E-state index in [-0.39, 0.29) is 29.0 Å². The van der Waals surface area contributed by atoms with Crippen LogP contribution in [-0.2, 0) is 15.1 Å². The second kappa shape index (κ2) is 10.7. The number of amides is 3. The van der Waals surface area contributed by atoms with Gasteiger partial charge in [-0.25, -0.2) is 4.39 Å². The van der Waals surface area contributed by atoms with Crippen LogP contribution in [0.2, 0.25) is 5.02 Å². The molecule has 2 atom stereocenters. The van der Waals surface area contributed by atoms with Gasteiger partial charge in [0.05, 0.1) is 17.3 Å². The predicted molar refractivity (Wildman–Crippen MR) is 135 cm³/mol. The molecule has 36 heavy (non-hydrogen) atoms. The van der Waals surface area contributed by atoms with Crippen molar-refractivity contribution in [2.24, 2.45) is 10.7 Å². The summed E-state index contributed by atoms with van der Waals surface area (Å²) in [7, 11) is 0. The lowest BCUT2D eigenvalue weighted by Gasteiger charge is -2.29. The minimum atomic E-state index is -1.60. The molecule has 2 unspecified atom stereocenters. The Morgan fingerprint density at radius 1 is 1.22 bits per heavy atom. The quantitative estimate of drug-likeness (QED) is 0.428. The molecule has 2 aromatic rings. The zero-order valence-corrected chi connectivity index (χ0v) is 20.6. The number of benzene rings is 2. The van der Waals surface area contributed by atoms with Gasteiger partial charge in [-0.2, -0.15) is 0 Å². The molecular weight excluding hydrogens is 487 g/mol. The smallest absolute Gasteiger partial charge is 0.268 e. The number of carbonyl (C=O) groups excluding carboxylic acids is 3. The number of likely N-dealkylation sites (N-methyl/N-ethyl adjacent to an activating group) is 1. The van der Waals surface area contributed by atoms with Gasteiger partial charge in [0.15, 0.2) is 5.54 Å². The SMILES string of the molecule is CCN1CCCC1CNC(=O)C1=NCNC1(C(N)=O)c1ccc(NC(=O)c2ccc(F)cc2Cl)cc1. The number of halogens is 2. The summed E-state index contributed by atoms with van der Waals surface area (Å²) in [6.07, 6.45) is 2.08. The molecule has 11 heteroatoms. The van der Waals surface area contributed by atoms with Crippen LogP contribution >= 0.6 is 11.6 Å². The van der Waals surface area contributed by atoms with Crippen molar-refractivity contribution in [1.29, 1.82) is 0 Å². The lowest BCUT2D eigenvalue weighted by Crippen LogP contribution is -2.59. The number of nitrogens with two attached hydrogens (primary N) is 1. The molecule has 3 amide bonds. The van der Waals surface area contributed by atoms with Crippen LogP contribution in [0.3, 0.4) is 0 Å². The summed E-state index contributed by atoms with van der Waals surface area (Å²) >= 11 is 5.97. The van der Waals surface area contributed by atoms with Gasteiger partial charge in [0, 0.05) is 18.3 Å². The molecule has 9 nitrogen and oxygen atoms in total. The maximum atomic E-state index is 13.3. The molecule has 1 saturated heterocycles. The molecule has 4 rings (SSSR count). The number of rotatable bonds is 8. The fourth-order valence-corrected chi connectivity index (χ4v) is 5.03. The van der Waals surface area contributed by atoms with E-state index in [4.69, 9.17) is 17.3 Å². The molecule has 0 spiro atoms. The van der Waals surface area contributed by atoms with E-state index in [1.165, 1.54) is 6.07 Å². The van der Waals surface area contributed by atoms with Gasteiger partial charge in [-0.15, -0.1) is 0 Å². The first-order valence-electron chi connectivity index (χ1n) is 11.7. The summed E-state index contributed by atoms with van der Waals surface area (Å²) in [5.41, 5.74) is 5.13. The van der Waals surface area contributed by atoms with Crippen molar-refractivity contribution in [3.8, 4) is 0 Å². The van der Waals surface area contributed by atoms with Crippen LogP contribution in [0.25, 0.3) is 0 Å². The molecular formula is C25H28ClFN6O3. The second-order valence-electron chi connectivity index (χ2n) is 8.75. The summed E-state index contributed by atoms with van der Waals surface area (Å²) in [6, 6.07) is 10.1. The molecule has 5 N–H and O–H groups in total. The minimum absolute atomic E-state index is 0.00549. The summed E-state index contributed by atoms with van der Waals surface area (Å²) in [4.78, 5) is 44.9. The van der Waals surface area contributed by atoms with E-state index in [2.05, 4.69) is 32.8 Å². The average Bonchev–Trinajstić information content (AvgIpc) is 3.50. The standard InChI is InChI=1S/C25H28ClFN6O3/c1-2-33-11-3-4-18(33)13-29-23(35)21-25(24(28)36,31-14-30-21)15-5-8-17(9-6-15)32-22(34)19-10-7-16(27)12-20(19)26/h5-10,12,18,31H,2-4,11,13-14H2,1H3,(H2,28,36)(H,29,35)(H,32,34). The van der Waals surface area contributed by atoms with Gasteiger partial charge in [0.2, 0.25) is 5.91 Å². The molecule has 2 aromatic carbocycles. The molecule has 1 fully saturated rings. The molecule has 0 aliphatic carbocycles. The van der Waals surface area contributed by atoms with Gasteiger partial charge >= 0.3 is 0 Å². The monoisotopic (exact) mass is 514 g/mol. The highest BCUT2D eigenvalue weighted by atomic mass is 35.5. The fraction of sp³-hybridized carbons (Fsp3) is 0.360. The number of primary amides is 1. The summed E-state index contributed by atoms with van der Waals surface area (Å²) in [5, 5.41) is 8.55. The van der Waals surface area contributed by atoms with Crippen molar-refractivity contribution in [3.05, 3.63) is 64.4 Å². The van der Waals surface area contributed by atoms with E-state index in [0.29, 0.717) is 17.8 Å². The fourth-order valence-electron chi connectivity index (χ4n) is 4.78. The van der Waals surface area contributed by atoms with E-state index >= 15 is 0 Å². The maximum Gasteiger partial charge on any atom is 0.268 e. The lowest BCUT2D eigenvalue weighted by atomic mass is 9.84. The van der Waals surface area contributed by atoms with Gasteiger partial charge in [-0.1, -0.05) is 30.7 Å². The third-order valence-corrected chi connectivity index (χ3v) is 6.99. The molecule has 0 aromatic heterocycles. The molecule has 2 aliphatic heterocycles. The zero-order chi connectivity index (χ0) is 25.9. The first-order chi connectivity index (χ1) is 17.3. The van der Waals surface area contributed by atoms with Crippen molar-refractivity contribution in [1.82, 2.24) is 15.5 Å². The Morgan fingerprint density at radius 2 is 1.97 bits per heavy atom. The zero-order valence-electron chi connectivity index (χ0n) is 19.8. The number of anilines is 1. The third kappa shape index (κ3) is 4.97. The second-order valence-corrected chi connectivity index (χ2v) is 9.15. The lowest BCUT2D eigenvalue weighted by molar-refractivity contribution is -0.123. The van der Waals surface area contributed by atoms with Gasteiger partial charge in [0.1, 0.15) is 11.5 Å². The summed E-state index contributed by atoms with van der Waals surface area (Å²) in [5.74, 6) is -2.29. The van der Waals surface area contributed by atoms with Gasteiger partial charge in [0.25, 0.3) is 11.8 Å². The molecule has 2 heterocycles. The Labute approximate surface area is 213 Å². The Kier molecular flexibility index (Phi) is 7.67. The number of hydrogen-bond donors (Lipinski definition) is 4. The first-order valence-corrected chi connectivity index (χ1v) is 12.1. The van der Waals surface area contributed by atoms with Crippen LogP contribution in [-0.4, -0.2) is 60.7 Å². The van der Waals surface area contributed by atoms with E-state index in [1.807, 2.05) is 0 Å². The van der Waals surface area contributed by atoms with Crippen molar-refractivity contribution < 1.29 is 18.8 Å². The highest BCUT2D eigenvalue weighted by molar-refractivity contribution is 6.47. The van der Waals surface area contributed by atoms with E-state index in [1.54, 1.807) is 24.3 Å². The minimum Gasteiger partial charge on any atom is -0.367 e. The van der Waals surface area contributed by atoms with Crippen molar-refractivity contribution in [2.45, 2.75) is 31.3 Å². The summed E-state index contributed by atoms with van der Waals surface area (Å²) < 4.78 is 13.3. The molecule has 2 aliphatic rings. The number of hydrogen-bond acceptors (Lipinski definition) is 6. The highest BCUT2D eigenvalue weighted by Gasteiger charge is 2.49. The largest absolute Gasteiger partial charge is 0.367 e. The molecule has 0 bridgehead atoms. The van der Waals surface area contributed by atoms with E-state index in [0.717, 1.165) is 38.1 Å². The number of likely N-dealkylation sites (tertiary alicyclic amines) is 1. The summed E-state index contributed by atoms with van der Waals surface area (Å²) in [6.45, 7) is 4.50. The van der Waals surface area contributed by atoms with Crippen molar-refractivity contribution >= 4 is 40.7 Å². The average molecular weight is 515 g/mol. The molecule has 0 radical (unpaired) electrons. The number of carbonyl (C=O) groups is 3. The van der Waals surface area contributed by atoms with Crippen LogP contribution in [0.15, 0.2) is 47.5 Å². The molecule has 190 valence electrons. The number of nitrogens with zero attached hydrogens (tertiary/aromatic N) is 2. The van der Waals surface area contributed by atoms with Crippen LogP contribution in [0.5, 0.6) is 0 Å². The van der Waals surface area contributed by atoms with Crippen LogP contribution < -0.4 is 21.7 Å². The van der Waals surface area contributed by atoms with E-state index in [9.17, 15) is 18.8 Å². The van der Waals surface area contributed by atoms with Gasteiger partial charge in [-0.05, 0) is 61.8 Å².